The van der Waals surface area contributed by atoms with Gasteiger partial charge in [-0.2, -0.15) is 0 Å². The van der Waals surface area contributed by atoms with Crippen LogP contribution in [-0.2, 0) is 9.53 Å². The van der Waals surface area contributed by atoms with Crippen molar-refractivity contribution < 1.29 is 13.9 Å². The zero-order valence-electron chi connectivity index (χ0n) is 19.0. The van der Waals surface area contributed by atoms with Gasteiger partial charge in [-0.25, -0.2) is 9.37 Å². The van der Waals surface area contributed by atoms with E-state index in [1.165, 1.54) is 12.3 Å². The number of benzene rings is 1. The lowest BCUT2D eigenvalue weighted by molar-refractivity contribution is -0.120. The molecule has 6 nitrogen and oxygen atoms in total. The SMILES string of the molecule is CC[C@H]1CCC(C(=O)Nc2cc(-c3ccc(F)c(NCC4CCOCC4)c3)c(Cl)cn2)CN1. The van der Waals surface area contributed by atoms with E-state index in [4.69, 9.17) is 16.3 Å². The zero-order chi connectivity index (χ0) is 23.2. The minimum Gasteiger partial charge on any atom is -0.382 e. The van der Waals surface area contributed by atoms with Gasteiger partial charge in [0.05, 0.1) is 16.6 Å². The number of hydrogen-bond donors (Lipinski definition) is 3. The highest BCUT2D eigenvalue weighted by atomic mass is 35.5. The van der Waals surface area contributed by atoms with Crippen molar-refractivity contribution in [3.05, 3.63) is 41.3 Å². The first kappa shape index (κ1) is 23.9. The Morgan fingerprint density at radius 2 is 2.06 bits per heavy atom. The maximum atomic E-state index is 14.5. The number of ether oxygens (including phenoxy) is 1. The molecule has 3 N–H and O–H groups in total. The molecule has 1 unspecified atom stereocenters. The minimum absolute atomic E-state index is 0.0456. The number of halogens is 2. The molecule has 1 aromatic carbocycles. The average Bonchev–Trinajstić information content (AvgIpc) is 2.85. The fraction of sp³-hybridized carbons (Fsp3) is 0.520. The Morgan fingerprint density at radius 3 is 2.79 bits per heavy atom. The first-order valence-electron chi connectivity index (χ1n) is 11.8. The Labute approximate surface area is 199 Å². The minimum atomic E-state index is -0.306. The Hall–Kier alpha value is -2.22. The third-order valence-electron chi connectivity index (χ3n) is 6.69. The number of piperidine rings is 1. The molecule has 0 spiro atoms. The molecule has 2 atom stereocenters. The highest BCUT2D eigenvalue weighted by molar-refractivity contribution is 6.33. The van der Waals surface area contributed by atoms with Gasteiger partial charge in [0.1, 0.15) is 11.6 Å². The summed E-state index contributed by atoms with van der Waals surface area (Å²) in [6, 6.07) is 7.13. The summed E-state index contributed by atoms with van der Waals surface area (Å²) in [6.07, 6.45) is 6.40. The molecule has 8 heteroatoms. The Bertz CT molecular complexity index is 959. The van der Waals surface area contributed by atoms with Crippen molar-refractivity contribution >= 4 is 29.0 Å². The van der Waals surface area contributed by atoms with Gasteiger partial charge in [0, 0.05) is 44.1 Å². The van der Waals surface area contributed by atoms with Crippen molar-refractivity contribution in [1.29, 1.82) is 0 Å². The monoisotopic (exact) mass is 474 g/mol. The van der Waals surface area contributed by atoms with Crippen LogP contribution < -0.4 is 16.0 Å². The van der Waals surface area contributed by atoms with Crippen LogP contribution in [-0.4, -0.2) is 43.2 Å². The molecule has 1 amide bonds. The molecule has 2 fully saturated rings. The van der Waals surface area contributed by atoms with Gasteiger partial charge >= 0.3 is 0 Å². The van der Waals surface area contributed by atoms with E-state index in [9.17, 15) is 9.18 Å². The number of pyridine rings is 1. The number of nitrogens with zero attached hydrogens (tertiary/aromatic N) is 1. The van der Waals surface area contributed by atoms with Crippen molar-refractivity contribution in [2.24, 2.45) is 11.8 Å². The van der Waals surface area contributed by atoms with Crippen molar-refractivity contribution in [3.63, 3.8) is 0 Å². The van der Waals surface area contributed by atoms with Gasteiger partial charge in [0.2, 0.25) is 5.91 Å². The van der Waals surface area contributed by atoms with Gasteiger partial charge in [0.15, 0.2) is 0 Å². The van der Waals surface area contributed by atoms with Crippen LogP contribution in [0.3, 0.4) is 0 Å². The predicted octanol–water partition coefficient (Wildman–Crippen LogP) is 5.10. The van der Waals surface area contributed by atoms with E-state index in [1.807, 2.05) is 0 Å². The summed E-state index contributed by atoms with van der Waals surface area (Å²) < 4.78 is 19.9. The standard InChI is InChI=1S/C25H32ClFN4O2/c1-2-19-5-3-18(14-28-19)25(32)31-24-12-20(21(26)15-30-24)17-4-6-22(27)23(11-17)29-13-16-7-9-33-10-8-16/h4,6,11-12,15-16,18-19,28-29H,2-3,5,7-10,13-14H2,1H3,(H,30,31,32)/t18?,19-/m0/s1. The van der Waals surface area contributed by atoms with Crippen LogP contribution in [0.25, 0.3) is 11.1 Å². The number of amides is 1. The first-order chi connectivity index (χ1) is 16.0. The lowest BCUT2D eigenvalue weighted by atomic mass is 9.93. The lowest BCUT2D eigenvalue weighted by Crippen LogP contribution is -2.43. The predicted molar refractivity (Wildman–Crippen MR) is 130 cm³/mol. The van der Waals surface area contributed by atoms with Crippen LogP contribution in [0.5, 0.6) is 0 Å². The number of rotatable bonds is 7. The zero-order valence-corrected chi connectivity index (χ0v) is 19.8. The molecular formula is C25H32ClFN4O2. The molecule has 4 rings (SSSR count). The van der Waals surface area contributed by atoms with Gasteiger partial charge < -0.3 is 20.7 Å². The Morgan fingerprint density at radius 1 is 1.24 bits per heavy atom. The largest absolute Gasteiger partial charge is 0.382 e. The summed E-state index contributed by atoms with van der Waals surface area (Å²) in [5.74, 6) is 0.476. The molecule has 0 bridgehead atoms. The summed E-state index contributed by atoms with van der Waals surface area (Å²) in [4.78, 5) is 17.0. The smallest absolute Gasteiger partial charge is 0.229 e. The topological polar surface area (TPSA) is 75.3 Å². The van der Waals surface area contributed by atoms with E-state index in [-0.39, 0.29) is 17.6 Å². The van der Waals surface area contributed by atoms with Gasteiger partial charge in [-0.1, -0.05) is 24.6 Å². The molecule has 0 radical (unpaired) electrons. The maximum Gasteiger partial charge on any atom is 0.229 e. The molecule has 1 aromatic heterocycles. The van der Waals surface area contributed by atoms with Crippen LogP contribution in [0.2, 0.25) is 5.02 Å². The van der Waals surface area contributed by atoms with Crippen molar-refractivity contribution in [2.45, 2.75) is 45.1 Å². The van der Waals surface area contributed by atoms with E-state index in [2.05, 4.69) is 27.9 Å². The molecule has 3 heterocycles. The van der Waals surface area contributed by atoms with Gasteiger partial charge in [-0.15, -0.1) is 0 Å². The van der Waals surface area contributed by atoms with E-state index >= 15 is 0 Å². The second-order valence-corrected chi connectivity index (χ2v) is 9.36. The third kappa shape index (κ3) is 6.22. The summed E-state index contributed by atoms with van der Waals surface area (Å²) >= 11 is 6.43. The molecule has 0 aliphatic carbocycles. The fourth-order valence-electron chi connectivity index (χ4n) is 4.48. The van der Waals surface area contributed by atoms with Gasteiger partial charge in [-0.05, 0) is 61.8 Å². The molecule has 0 saturated carbocycles. The van der Waals surface area contributed by atoms with Crippen LogP contribution in [0.4, 0.5) is 15.9 Å². The Balaban J connectivity index is 1.45. The molecule has 2 aliphatic rings. The van der Waals surface area contributed by atoms with Crippen molar-refractivity contribution in [2.75, 3.05) is 36.9 Å². The first-order valence-corrected chi connectivity index (χ1v) is 12.2. The second kappa shape index (κ2) is 11.3. The van der Waals surface area contributed by atoms with Crippen LogP contribution >= 0.6 is 11.6 Å². The van der Waals surface area contributed by atoms with Crippen molar-refractivity contribution in [1.82, 2.24) is 10.3 Å². The molecule has 2 aromatic rings. The molecule has 178 valence electrons. The van der Waals surface area contributed by atoms with Crippen LogP contribution in [0.15, 0.2) is 30.5 Å². The maximum absolute atomic E-state index is 14.5. The summed E-state index contributed by atoms with van der Waals surface area (Å²) in [5.41, 5.74) is 1.90. The van der Waals surface area contributed by atoms with Gasteiger partial charge in [0.25, 0.3) is 0 Å². The number of anilines is 2. The molecular weight excluding hydrogens is 443 g/mol. The van der Waals surface area contributed by atoms with E-state index < -0.39 is 0 Å². The second-order valence-electron chi connectivity index (χ2n) is 8.96. The number of carbonyl (C=O) groups is 1. The number of aromatic nitrogens is 1. The number of nitrogens with one attached hydrogen (secondary N) is 3. The van der Waals surface area contributed by atoms with E-state index in [0.29, 0.717) is 47.1 Å². The summed E-state index contributed by atoms with van der Waals surface area (Å²) in [7, 11) is 0. The van der Waals surface area contributed by atoms with Crippen LogP contribution in [0.1, 0.15) is 39.0 Å². The quantitative estimate of drug-likeness (QED) is 0.520. The lowest BCUT2D eigenvalue weighted by Gasteiger charge is -2.28. The fourth-order valence-corrected chi connectivity index (χ4v) is 4.69. The van der Waals surface area contributed by atoms with E-state index in [0.717, 1.165) is 50.9 Å². The third-order valence-corrected chi connectivity index (χ3v) is 6.99. The molecule has 2 aliphatic heterocycles. The highest BCUT2D eigenvalue weighted by Gasteiger charge is 2.25. The summed E-state index contributed by atoms with van der Waals surface area (Å²) in [6.45, 7) is 5.03. The number of carbonyl (C=O) groups excluding carboxylic acids is 1. The normalized spacial score (nSPS) is 21.5. The highest BCUT2D eigenvalue weighted by Crippen LogP contribution is 2.32. The van der Waals surface area contributed by atoms with Crippen LogP contribution in [0, 0.1) is 17.7 Å². The summed E-state index contributed by atoms with van der Waals surface area (Å²) in [5, 5.41) is 10.0. The van der Waals surface area contributed by atoms with Gasteiger partial charge in [-0.3, -0.25) is 4.79 Å². The van der Waals surface area contributed by atoms with E-state index in [1.54, 1.807) is 18.2 Å². The average molecular weight is 475 g/mol. The number of hydrogen-bond acceptors (Lipinski definition) is 5. The molecule has 33 heavy (non-hydrogen) atoms. The Kier molecular flexibility index (Phi) is 8.17. The van der Waals surface area contributed by atoms with Crippen molar-refractivity contribution in [3.8, 4) is 11.1 Å². The molecule has 2 saturated heterocycles.